The van der Waals surface area contributed by atoms with Crippen LogP contribution in [0, 0.1) is 19.3 Å². The Hall–Kier alpha value is -1.50. The predicted molar refractivity (Wildman–Crippen MR) is 69.1 cm³/mol. The zero-order valence-corrected chi connectivity index (χ0v) is 10.5. The highest BCUT2D eigenvalue weighted by Gasteiger charge is 2.05. The van der Waals surface area contributed by atoms with E-state index in [0.29, 0.717) is 13.2 Å². The maximum atomic E-state index is 5.57. The van der Waals surface area contributed by atoms with Crippen molar-refractivity contribution in [1.29, 1.82) is 0 Å². The summed E-state index contributed by atoms with van der Waals surface area (Å²) in [5.41, 5.74) is 2.22. The van der Waals surface area contributed by atoms with Crippen molar-refractivity contribution in [2.24, 2.45) is 0 Å². The molecule has 3 nitrogen and oxygen atoms in total. The predicted octanol–water partition coefficient (Wildman–Crippen LogP) is 1.74. The zero-order valence-electron chi connectivity index (χ0n) is 10.5. The van der Waals surface area contributed by atoms with Gasteiger partial charge >= 0.3 is 0 Å². The average molecular weight is 233 g/mol. The number of methoxy groups -OCH3 is 1. The Bertz CT molecular complexity index is 382. The van der Waals surface area contributed by atoms with Gasteiger partial charge in [-0.3, -0.25) is 0 Å². The van der Waals surface area contributed by atoms with E-state index in [9.17, 15) is 0 Å². The highest BCUT2D eigenvalue weighted by atomic mass is 16.5. The molecule has 0 aliphatic rings. The minimum Gasteiger partial charge on any atom is -0.480 e. The molecule has 1 aromatic carbocycles. The summed E-state index contributed by atoms with van der Waals surface area (Å²) in [5, 5.41) is 3.29. The molecule has 0 heterocycles. The lowest BCUT2D eigenvalue weighted by molar-refractivity contribution is 0.199. The third-order valence-corrected chi connectivity index (χ3v) is 2.39. The molecule has 1 N–H and O–H groups in total. The number of nitrogens with one attached hydrogen (secondary N) is 1. The van der Waals surface area contributed by atoms with Gasteiger partial charge in [0.15, 0.2) is 0 Å². The van der Waals surface area contributed by atoms with Crippen LogP contribution in [-0.4, -0.2) is 26.9 Å². The summed E-state index contributed by atoms with van der Waals surface area (Å²) in [6, 6.07) is 6.08. The fourth-order valence-corrected chi connectivity index (χ4v) is 1.57. The summed E-state index contributed by atoms with van der Waals surface area (Å²) in [7, 11) is 1.69. The lowest BCUT2D eigenvalue weighted by Crippen LogP contribution is -2.19. The number of rotatable bonds is 7. The normalized spacial score (nSPS) is 9.94. The van der Waals surface area contributed by atoms with Crippen molar-refractivity contribution < 1.29 is 9.47 Å². The first kappa shape index (κ1) is 13.6. The molecular formula is C14H19NO2. The molecular weight excluding hydrogens is 214 g/mol. The lowest BCUT2D eigenvalue weighted by Gasteiger charge is -2.13. The average Bonchev–Trinajstić information content (AvgIpc) is 2.34. The molecule has 0 saturated carbocycles. The number of hydrogen-bond donors (Lipinski definition) is 1. The second-order valence-electron chi connectivity index (χ2n) is 3.73. The topological polar surface area (TPSA) is 30.5 Å². The van der Waals surface area contributed by atoms with Crippen molar-refractivity contribution in [3.63, 3.8) is 0 Å². The van der Waals surface area contributed by atoms with Crippen molar-refractivity contribution >= 4 is 0 Å². The van der Waals surface area contributed by atoms with Crippen LogP contribution in [0.3, 0.4) is 0 Å². The van der Waals surface area contributed by atoms with E-state index in [0.717, 1.165) is 30.0 Å². The summed E-state index contributed by atoms with van der Waals surface area (Å²) in [6.45, 7) is 4.59. The molecule has 0 amide bonds. The molecule has 92 valence electrons. The highest BCUT2D eigenvalue weighted by molar-refractivity contribution is 5.40. The lowest BCUT2D eigenvalue weighted by atomic mass is 10.1. The number of ether oxygens (including phenoxy) is 2. The van der Waals surface area contributed by atoms with Crippen molar-refractivity contribution in [2.75, 3.05) is 26.9 Å². The quantitative estimate of drug-likeness (QED) is 0.575. The van der Waals surface area contributed by atoms with Crippen molar-refractivity contribution in [3.05, 3.63) is 29.3 Å². The molecule has 0 unspecified atom stereocenters. The van der Waals surface area contributed by atoms with Crippen LogP contribution in [-0.2, 0) is 11.3 Å². The van der Waals surface area contributed by atoms with Crippen LogP contribution in [0.1, 0.15) is 11.1 Å². The van der Waals surface area contributed by atoms with Gasteiger partial charge in [0, 0.05) is 25.8 Å². The number of aryl methyl sites for hydroxylation is 1. The van der Waals surface area contributed by atoms with E-state index in [2.05, 4.69) is 11.2 Å². The molecule has 17 heavy (non-hydrogen) atoms. The minimum atomic E-state index is 0.302. The summed E-state index contributed by atoms with van der Waals surface area (Å²) in [5.74, 6) is 3.37. The molecule has 1 aromatic rings. The van der Waals surface area contributed by atoms with Gasteiger partial charge in [0.2, 0.25) is 0 Å². The first-order valence-electron chi connectivity index (χ1n) is 5.64. The summed E-state index contributed by atoms with van der Waals surface area (Å²) in [6.07, 6.45) is 5.21. The molecule has 1 rings (SSSR count). The molecule has 0 atom stereocenters. The molecule has 0 aliphatic heterocycles. The van der Waals surface area contributed by atoms with Crippen LogP contribution in [0.2, 0.25) is 0 Å². The van der Waals surface area contributed by atoms with Gasteiger partial charge in [-0.1, -0.05) is 24.1 Å². The molecule has 3 heteroatoms. The van der Waals surface area contributed by atoms with Gasteiger partial charge in [0.25, 0.3) is 0 Å². The number of hydrogen-bond acceptors (Lipinski definition) is 3. The molecule has 0 saturated heterocycles. The van der Waals surface area contributed by atoms with Crippen molar-refractivity contribution in [1.82, 2.24) is 5.32 Å². The third-order valence-electron chi connectivity index (χ3n) is 2.39. The maximum absolute atomic E-state index is 5.57. The van der Waals surface area contributed by atoms with Gasteiger partial charge in [0.1, 0.15) is 12.4 Å². The second-order valence-corrected chi connectivity index (χ2v) is 3.73. The van der Waals surface area contributed by atoms with Gasteiger partial charge in [-0.2, -0.15) is 0 Å². The Balaban J connectivity index is 2.63. The minimum absolute atomic E-state index is 0.302. The van der Waals surface area contributed by atoms with Crippen LogP contribution >= 0.6 is 0 Å². The Morgan fingerprint density at radius 3 is 2.94 bits per heavy atom. The van der Waals surface area contributed by atoms with Gasteiger partial charge in [-0.25, -0.2) is 0 Å². The maximum Gasteiger partial charge on any atom is 0.148 e. The van der Waals surface area contributed by atoms with Crippen molar-refractivity contribution in [3.8, 4) is 18.1 Å². The standard InChI is InChI=1S/C14H19NO2/c1-4-9-17-14-12(2)6-5-7-13(14)11-15-8-10-16-3/h1,5-7,15H,8-11H2,2-3H3. The molecule has 0 radical (unpaired) electrons. The highest BCUT2D eigenvalue weighted by Crippen LogP contribution is 2.23. The van der Waals surface area contributed by atoms with E-state index in [1.165, 1.54) is 0 Å². The summed E-state index contributed by atoms with van der Waals surface area (Å²) < 4.78 is 10.5. The Morgan fingerprint density at radius 1 is 1.41 bits per heavy atom. The SMILES string of the molecule is C#CCOc1c(C)cccc1CNCCOC. The van der Waals surface area contributed by atoms with Crippen LogP contribution in [0.15, 0.2) is 18.2 Å². The number of terminal acetylenes is 1. The van der Waals surface area contributed by atoms with E-state index in [4.69, 9.17) is 15.9 Å². The van der Waals surface area contributed by atoms with Gasteiger partial charge in [-0.15, -0.1) is 6.42 Å². The van der Waals surface area contributed by atoms with E-state index in [1.54, 1.807) is 7.11 Å². The van der Waals surface area contributed by atoms with E-state index >= 15 is 0 Å². The first-order chi connectivity index (χ1) is 8.29. The third kappa shape index (κ3) is 4.48. The molecule has 0 aliphatic carbocycles. The van der Waals surface area contributed by atoms with Crippen LogP contribution in [0.4, 0.5) is 0 Å². The molecule has 0 aromatic heterocycles. The number of para-hydroxylation sites is 1. The second kappa shape index (κ2) is 7.72. The largest absolute Gasteiger partial charge is 0.480 e. The fraction of sp³-hybridized carbons (Fsp3) is 0.429. The van der Waals surface area contributed by atoms with E-state index < -0.39 is 0 Å². The number of benzene rings is 1. The van der Waals surface area contributed by atoms with Gasteiger partial charge in [0.05, 0.1) is 6.61 Å². The zero-order chi connectivity index (χ0) is 12.5. The van der Waals surface area contributed by atoms with Crippen LogP contribution in [0.25, 0.3) is 0 Å². The Morgan fingerprint density at radius 2 is 2.24 bits per heavy atom. The van der Waals surface area contributed by atoms with E-state index in [-0.39, 0.29) is 0 Å². The smallest absolute Gasteiger partial charge is 0.148 e. The molecule has 0 spiro atoms. The summed E-state index contributed by atoms with van der Waals surface area (Å²) >= 11 is 0. The summed E-state index contributed by atoms with van der Waals surface area (Å²) in [4.78, 5) is 0. The Kier molecular flexibility index (Phi) is 6.16. The van der Waals surface area contributed by atoms with Gasteiger partial charge < -0.3 is 14.8 Å². The molecule has 0 fully saturated rings. The van der Waals surface area contributed by atoms with Crippen molar-refractivity contribution in [2.45, 2.75) is 13.5 Å². The monoisotopic (exact) mass is 233 g/mol. The van der Waals surface area contributed by atoms with Crippen LogP contribution in [0.5, 0.6) is 5.75 Å². The van der Waals surface area contributed by atoms with E-state index in [1.807, 2.05) is 25.1 Å². The van der Waals surface area contributed by atoms with Gasteiger partial charge in [-0.05, 0) is 12.5 Å². The van der Waals surface area contributed by atoms with Crippen LogP contribution < -0.4 is 10.1 Å². The Labute approximate surface area is 103 Å². The fourth-order valence-electron chi connectivity index (χ4n) is 1.57. The first-order valence-corrected chi connectivity index (χ1v) is 5.64. The molecule has 0 bridgehead atoms.